The Morgan fingerprint density at radius 2 is 0.921 bits per heavy atom. The summed E-state index contributed by atoms with van der Waals surface area (Å²) in [7, 11) is 0. The molecule has 0 spiro atoms. The van der Waals surface area contributed by atoms with Crippen LogP contribution < -0.4 is 9.80 Å². The van der Waals surface area contributed by atoms with Crippen LogP contribution in [0, 0.1) is 0 Å². The fourth-order valence-corrected chi connectivity index (χ4v) is 6.32. The Bertz CT molecular complexity index is 1100. The van der Waals surface area contributed by atoms with E-state index in [9.17, 15) is 9.59 Å². The van der Waals surface area contributed by atoms with Gasteiger partial charge in [-0.3, -0.25) is 9.59 Å². The third kappa shape index (κ3) is 6.44. The Morgan fingerprint density at radius 1 is 0.553 bits per heavy atom. The number of fused-ring (bicyclic) bond motifs is 2. The molecule has 0 unspecified atom stereocenters. The average molecular weight is 644 g/mol. The number of carbonyl (C=O) groups excluding carboxylic acids is 2. The number of anilines is 2. The van der Waals surface area contributed by atoms with Crippen molar-refractivity contribution in [2.75, 3.05) is 22.9 Å². The molecule has 2 aliphatic rings. The molecule has 6 heteroatoms. The lowest BCUT2D eigenvalue weighted by Gasteiger charge is -2.18. The summed E-state index contributed by atoms with van der Waals surface area (Å²) in [6.07, 6.45) is 14.0. The summed E-state index contributed by atoms with van der Waals surface area (Å²) in [5, 5.41) is 0. The minimum Gasteiger partial charge on any atom is -0.308 e. The van der Waals surface area contributed by atoms with E-state index in [4.69, 9.17) is 0 Å². The van der Waals surface area contributed by atoms with Crippen LogP contribution in [0.3, 0.4) is 0 Å². The number of amides is 2. The molecular weight excluding hydrogens is 604 g/mol. The fraction of sp³-hybridized carbons (Fsp3) is 0.500. The molecule has 204 valence electrons. The monoisotopic (exact) mass is 642 g/mol. The van der Waals surface area contributed by atoms with Crippen molar-refractivity contribution in [2.45, 2.75) is 90.9 Å². The highest BCUT2D eigenvalue weighted by Gasteiger charge is 2.41. The van der Waals surface area contributed by atoms with Crippen LogP contribution >= 0.6 is 31.9 Å². The Balaban J connectivity index is 1.63. The molecule has 2 amide bonds. The highest BCUT2D eigenvalue weighted by Crippen LogP contribution is 2.47. The second-order valence-corrected chi connectivity index (χ2v) is 12.4. The van der Waals surface area contributed by atoms with Gasteiger partial charge in [0.25, 0.3) is 11.8 Å². The lowest BCUT2D eigenvalue weighted by Crippen LogP contribution is -2.30. The second-order valence-electron chi connectivity index (χ2n) is 10.5. The molecule has 0 atom stereocenters. The van der Waals surface area contributed by atoms with Crippen LogP contribution in [0.25, 0.3) is 11.1 Å². The molecule has 0 aromatic heterocycles. The summed E-state index contributed by atoms with van der Waals surface area (Å²) >= 11 is 7.20. The zero-order valence-corrected chi connectivity index (χ0v) is 26.0. The lowest BCUT2D eigenvalue weighted by atomic mass is 9.96. The van der Waals surface area contributed by atoms with Crippen molar-refractivity contribution in [1.82, 2.24) is 0 Å². The number of halogens is 2. The first-order valence-corrected chi connectivity index (χ1v) is 16.0. The molecule has 0 saturated carbocycles. The molecule has 0 bridgehead atoms. The average Bonchev–Trinajstić information content (AvgIpc) is 3.32. The van der Waals surface area contributed by atoms with Crippen molar-refractivity contribution >= 4 is 66.2 Å². The fourth-order valence-electron chi connectivity index (χ4n) is 5.63. The highest BCUT2D eigenvalue weighted by molar-refractivity contribution is 9.10. The van der Waals surface area contributed by atoms with Gasteiger partial charge in [0, 0.05) is 33.2 Å². The Morgan fingerprint density at radius 3 is 1.32 bits per heavy atom. The summed E-state index contributed by atoms with van der Waals surface area (Å²) in [5.74, 6) is -0.101. The largest absolute Gasteiger partial charge is 0.308 e. The maximum Gasteiger partial charge on any atom is 0.259 e. The van der Waals surface area contributed by atoms with Crippen molar-refractivity contribution in [3.8, 4) is 0 Å². The highest BCUT2D eigenvalue weighted by atomic mass is 79.9. The van der Waals surface area contributed by atoms with Gasteiger partial charge in [-0.25, -0.2) is 0 Å². The van der Waals surface area contributed by atoms with E-state index in [1.54, 1.807) is 0 Å². The van der Waals surface area contributed by atoms with Gasteiger partial charge >= 0.3 is 0 Å². The molecule has 2 aromatic rings. The Kier molecular flexibility index (Phi) is 10.7. The van der Waals surface area contributed by atoms with E-state index in [2.05, 4.69) is 45.7 Å². The van der Waals surface area contributed by atoms with E-state index in [0.29, 0.717) is 24.2 Å². The van der Waals surface area contributed by atoms with Gasteiger partial charge < -0.3 is 9.80 Å². The summed E-state index contributed by atoms with van der Waals surface area (Å²) in [6, 6.07) is 12.0. The van der Waals surface area contributed by atoms with Crippen molar-refractivity contribution in [2.24, 2.45) is 0 Å². The maximum absolute atomic E-state index is 14.0. The van der Waals surface area contributed by atoms with Gasteiger partial charge in [-0.15, -0.1) is 0 Å². The summed E-state index contributed by atoms with van der Waals surface area (Å²) < 4.78 is 1.88. The number of hydrogen-bond donors (Lipinski definition) is 0. The predicted molar refractivity (Wildman–Crippen MR) is 167 cm³/mol. The van der Waals surface area contributed by atoms with Gasteiger partial charge in [-0.05, 0) is 37.1 Å². The molecule has 0 fully saturated rings. The Hall–Kier alpha value is -1.92. The normalized spacial score (nSPS) is 16.5. The Labute approximate surface area is 245 Å². The second kappa shape index (κ2) is 13.9. The van der Waals surface area contributed by atoms with E-state index in [0.717, 1.165) is 57.1 Å². The minimum absolute atomic E-state index is 0.0507. The van der Waals surface area contributed by atoms with Gasteiger partial charge in [0.2, 0.25) is 0 Å². The first kappa shape index (κ1) is 29.1. The van der Waals surface area contributed by atoms with Crippen LogP contribution in [0.1, 0.15) is 102 Å². The van der Waals surface area contributed by atoms with Gasteiger partial charge in [0.1, 0.15) is 0 Å². The number of unbranched alkanes of at least 4 members (excludes halogenated alkanes) is 10. The number of nitrogens with zero attached hydrogens (tertiary/aromatic N) is 2. The molecule has 2 heterocycles. The van der Waals surface area contributed by atoms with Crippen molar-refractivity contribution in [3.63, 3.8) is 0 Å². The predicted octanol–water partition coefficient (Wildman–Crippen LogP) is 9.54. The molecule has 4 rings (SSSR count). The van der Waals surface area contributed by atoms with Gasteiger partial charge in [-0.1, -0.05) is 122 Å². The smallest absolute Gasteiger partial charge is 0.259 e. The molecule has 4 nitrogen and oxygen atoms in total. The van der Waals surface area contributed by atoms with Crippen LogP contribution in [0.4, 0.5) is 11.4 Å². The standard InChI is InChI=1S/C32H40Br2N2O2/c1-3-5-7-9-11-13-19-35-27-21-23(33)15-17-25(27)29(31(35)37)30-26-18-16-24(34)22-28(26)36(32(30)38)20-14-12-10-8-6-4-2/h15-18,21-22H,3-14,19-20H2,1-2H3. The first-order valence-electron chi connectivity index (χ1n) is 14.5. The summed E-state index contributed by atoms with van der Waals surface area (Å²) in [4.78, 5) is 31.8. The van der Waals surface area contributed by atoms with Gasteiger partial charge in [0.05, 0.1) is 22.5 Å². The summed E-state index contributed by atoms with van der Waals surface area (Å²) in [6.45, 7) is 5.80. The number of carbonyl (C=O) groups is 2. The lowest BCUT2D eigenvalue weighted by molar-refractivity contribution is -0.114. The van der Waals surface area contributed by atoms with Crippen molar-refractivity contribution < 1.29 is 9.59 Å². The van der Waals surface area contributed by atoms with E-state index >= 15 is 0 Å². The molecule has 0 N–H and O–H groups in total. The SMILES string of the molecule is CCCCCCCCN1C(=O)C(=C2C(=O)N(CCCCCCCC)c3cc(Br)ccc32)c2ccc(Br)cc21. The first-order chi connectivity index (χ1) is 18.5. The van der Waals surface area contributed by atoms with E-state index in [1.165, 1.54) is 51.4 Å². The summed E-state index contributed by atoms with van der Waals surface area (Å²) in [5.41, 5.74) is 4.64. The molecule has 38 heavy (non-hydrogen) atoms. The number of benzene rings is 2. The van der Waals surface area contributed by atoms with E-state index in [-0.39, 0.29) is 11.8 Å². The van der Waals surface area contributed by atoms with Crippen molar-refractivity contribution in [1.29, 1.82) is 0 Å². The zero-order chi connectivity index (χ0) is 27.1. The van der Waals surface area contributed by atoms with Crippen LogP contribution in [0.2, 0.25) is 0 Å². The molecule has 0 saturated heterocycles. The van der Waals surface area contributed by atoms with E-state index < -0.39 is 0 Å². The molecule has 2 aliphatic heterocycles. The molecule has 0 aliphatic carbocycles. The van der Waals surface area contributed by atoms with Crippen LogP contribution in [-0.4, -0.2) is 24.9 Å². The quantitative estimate of drug-likeness (QED) is 0.152. The van der Waals surface area contributed by atoms with Crippen LogP contribution in [0.5, 0.6) is 0 Å². The van der Waals surface area contributed by atoms with E-state index in [1.807, 2.05) is 46.2 Å². The topological polar surface area (TPSA) is 40.6 Å². The maximum atomic E-state index is 14.0. The van der Waals surface area contributed by atoms with Gasteiger partial charge in [0.15, 0.2) is 0 Å². The third-order valence-electron chi connectivity index (χ3n) is 7.68. The molecule has 0 radical (unpaired) electrons. The molecular formula is C32H40Br2N2O2. The van der Waals surface area contributed by atoms with Crippen molar-refractivity contribution in [3.05, 3.63) is 56.5 Å². The van der Waals surface area contributed by atoms with Gasteiger partial charge in [-0.2, -0.15) is 0 Å². The zero-order valence-electron chi connectivity index (χ0n) is 22.8. The molecule has 2 aromatic carbocycles. The third-order valence-corrected chi connectivity index (χ3v) is 8.66. The number of hydrogen-bond acceptors (Lipinski definition) is 2. The van der Waals surface area contributed by atoms with Crippen LogP contribution in [-0.2, 0) is 9.59 Å². The van der Waals surface area contributed by atoms with Crippen LogP contribution in [0.15, 0.2) is 45.3 Å². The minimum atomic E-state index is -0.0507. The number of rotatable bonds is 14.